The zero-order chi connectivity index (χ0) is 7.68. The number of rotatable bonds is 0. The van der Waals surface area contributed by atoms with Gasteiger partial charge in [-0.05, 0) is 37.0 Å². The molecule has 0 atom stereocenters. The van der Waals surface area contributed by atoms with Gasteiger partial charge in [-0.2, -0.15) is 0 Å². The van der Waals surface area contributed by atoms with Crippen molar-refractivity contribution in [1.29, 1.82) is 0 Å². The third kappa shape index (κ3) is 1.23. The van der Waals surface area contributed by atoms with Crippen molar-refractivity contribution >= 4 is 0 Å². The third-order valence-electron chi connectivity index (χ3n) is 1.91. The lowest BCUT2D eigenvalue weighted by atomic mass is 10.0. The van der Waals surface area contributed by atoms with Crippen LogP contribution in [-0.2, 0) is 0 Å². The Morgan fingerprint density at radius 2 is 2.27 bits per heavy atom. The molecule has 0 N–H and O–H groups in total. The predicted molar refractivity (Wildman–Crippen MR) is 44.7 cm³/mol. The molecular formula is C10H11O. The molecule has 2 rings (SSSR count). The molecule has 1 aromatic rings. The minimum Gasteiger partial charge on any atom is -0.493 e. The number of ether oxygens (including phenoxy) is 1. The van der Waals surface area contributed by atoms with Crippen molar-refractivity contribution in [2.75, 3.05) is 6.61 Å². The van der Waals surface area contributed by atoms with Crippen molar-refractivity contribution in [3.63, 3.8) is 0 Å². The molecule has 1 nitrogen and oxygen atoms in total. The zero-order valence-electron chi connectivity index (χ0n) is 6.63. The Labute approximate surface area is 67.0 Å². The van der Waals surface area contributed by atoms with E-state index in [0.717, 1.165) is 18.8 Å². The molecule has 0 amide bonds. The summed E-state index contributed by atoms with van der Waals surface area (Å²) in [5, 5.41) is 0. The molecule has 57 valence electrons. The van der Waals surface area contributed by atoms with Crippen LogP contribution in [0.15, 0.2) is 18.2 Å². The van der Waals surface area contributed by atoms with Gasteiger partial charge in [0.15, 0.2) is 0 Å². The lowest BCUT2D eigenvalue weighted by molar-refractivity contribution is 0.306. The van der Waals surface area contributed by atoms with E-state index >= 15 is 0 Å². The van der Waals surface area contributed by atoms with E-state index in [1.165, 1.54) is 11.1 Å². The second kappa shape index (κ2) is 2.57. The average Bonchev–Trinajstić information content (AvgIpc) is 2.04. The maximum Gasteiger partial charge on any atom is 0.123 e. The van der Waals surface area contributed by atoms with Crippen molar-refractivity contribution in [2.45, 2.75) is 13.3 Å². The number of hydrogen-bond acceptors (Lipinski definition) is 1. The smallest absolute Gasteiger partial charge is 0.123 e. The highest BCUT2D eigenvalue weighted by molar-refractivity contribution is 5.42. The van der Waals surface area contributed by atoms with Crippen LogP contribution >= 0.6 is 0 Å². The highest BCUT2D eigenvalue weighted by Gasteiger charge is 2.08. The van der Waals surface area contributed by atoms with Crippen molar-refractivity contribution in [3.8, 4) is 5.75 Å². The first kappa shape index (κ1) is 6.71. The van der Waals surface area contributed by atoms with Gasteiger partial charge in [0.1, 0.15) is 5.75 Å². The standard InChI is InChI=1S/C10H11O/c1-8-4-5-9-3-2-6-11-10(9)7-8/h3-5,7H,2,6H2,1H3. The van der Waals surface area contributed by atoms with Crippen LogP contribution in [0.2, 0.25) is 0 Å². The second-order valence-corrected chi connectivity index (χ2v) is 2.88. The van der Waals surface area contributed by atoms with Gasteiger partial charge in [-0.15, -0.1) is 0 Å². The molecule has 0 unspecified atom stereocenters. The molecule has 0 bridgehead atoms. The molecule has 1 radical (unpaired) electrons. The molecule has 1 aromatic carbocycles. The minimum absolute atomic E-state index is 0.830. The summed E-state index contributed by atoms with van der Waals surface area (Å²) in [6.07, 6.45) is 3.26. The Morgan fingerprint density at radius 3 is 3.18 bits per heavy atom. The van der Waals surface area contributed by atoms with Crippen LogP contribution < -0.4 is 4.74 Å². The first-order valence-electron chi connectivity index (χ1n) is 3.93. The largest absolute Gasteiger partial charge is 0.493 e. The topological polar surface area (TPSA) is 9.23 Å². The molecule has 0 spiro atoms. The van der Waals surface area contributed by atoms with Crippen LogP contribution in [0.25, 0.3) is 0 Å². The van der Waals surface area contributed by atoms with Crippen molar-refractivity contribution in [2.24, 2.45) is 0 Å². The van der Waals surface area contributed by atoms with E-state index in [0.29, 0.717) is 0 Å². The first-order valence-corrected chi connectivity index (χ1v) is 3.93. The summed E-state index contributed by atoms with van der Waals surface area (Å²) in [4.78, 5) is 0. The Morgan fingerprint density at radius 1 is 1.36 bits per heavy atom. The molecule has 0 saturated carbocycles. The fourth-order valence-corrected chi connectivity index (χ4v) is 1.32. The average molecular weight is 147 g/mol. The Hall–Kier alpha value is -0.980. The summed E-state index contributed by atoms with van der Waals surface area (Å²) >= 11 is 0. The van der Waals surface area contributed by atoms with Crippen LogP contribution in [0.5, 0.6) is 5.75 Å². The van der Waals surface area contributed by atoms with E-state index in [9.17, 15) is 0 Å². The summed E-state index contributed by atoms with van der Waals surface area (Å²) in [7, 11) is 0. The Bertz CT molecular complexity index is 266. The van der Waals surface area contributed by atoms with Crippen LogP contribution in [-0.4, -0.2) is 6.61 Å². The van der Waals surface area contributed by atoms with E-state index in [2.05, 4.69) is 31.5 Å². The van der Waals surface area contributed by atoms with Crippen molar-refractivity contribution in [3.05, 3.63) is 35.7 Å². The fraction of sp³-hybridized carbons (Fsp3) is 0.300. The summed E-state index contributed by atoms with van der Waals surface area (Å²) < 4.78 is 5.47. The summed E-state index contributed by atoms with van der Waals surface area (Å²) in [6, 6.07) is 6.32. The Kier molecular flexibility index (Phi) is 1.57. The molecule has 0 aliphatic carbocycles. The highest BCUT2D eigenvalue weighted by Crippen LogP contribution is 2.26. The minimum atomic E-state index is 0.830. The third-order valence-corrected chi connectivity index (χ3v) is 1.91. The van der Waals surface area contributed by atoms with Gasteiger partial charge in [0.25, 0.3) is 0 Å². The highest BCUT2D eigenvalue weighted by atomic mass is 16.5. The lowest BCUT2D eigenvalue weighted by Crippen LogP contribution is -2.06. The van der Waals surface area contributed by atoms with Gasteiger partial charge < -0.3 is 4.74 Å². The van der Waals surface area contributed by atoms with Crippen LogP contribution in [0.3, 0.4) is 0 Å². The predicted octanol–water partition coefficient (Wildman–Crippen LogP) is 2.33. The fourth-order valence-electron chi connectivity index (χ4n) is 1.32. The summed E-state index contributed by atoms with van der Waals surface area (Å²) in [5.41, 5.74) is 2.50. The molecule has 0 fully saturated rings. The van der Waals surface area contributed by atoms with Gasteiger partial charge in [0, 0.05) is 0 Å². The van der Waals surface area contributed by atoms with E-state index in [1.54, 1.807) is 0 Å². The summed E-state index contributed by atoms with van der Waals surface area (Å²) in [6.45, 7) is 2.91. The monoisotopic (exact) mass is 147 g/mol. The van der Waals surface area contributed by atoms with Gasteiger partial charge in [-0.25, -0.2) is 0 Å². The number of benzene rings is 1. The van der Waals surface area contributed by atoms with Gasteiger partial charge in [0.2, 0.25) is 0 Å². The molecule has 1 heterocycles. The van der Waals surface area contributed by atoms with Crippen LogP contribution in [0.4, 0.5) is 0 Å². The molecule has 1 aliphatic heterocycles. The van der Waals surface area contributed by atoms with Gasteiger partial charge in [0.05, 0.1) is 6.61 Å². The molecular weight excluding hydrogens is 136 g/mol. The van der Waals surface area contributed by atoms with Crippen LogP contribution in [0, 0.1) is 13.3 Å². The maximum absolute atomic E-state index is 5.47. The van der Waals surface area contributed by atoms with Gasteiger partial charge >= 0.3 is 0 Å². The van der Waals surface area contributed by atoms with Gasteiger partial charge in [-0.1, -0.05) is 12.1 Å². The first-order chi connectivity index (χ1) is 5.36. The number of fused-ring (bicyclic) bond motifs is 1. The molecule has 0 aromatic heterocycles. The molecule has 11 heavy (non-hydrogen) atoms. The van der Waals surface area contributed by atoms with Crippen molar-refractivity contribution < 1.29 is 4.74 Å². The molecule has 1 aliphatic rings. The maximum atomic E-state index is 5.47. The van der Waals surface area contributed by atoms with Crippen molar-refractivity contribution in [1.82, 2.24) is 0 Å². The quantitative estimate of drug-likeness (QED) is 0.547. The Balaban J connectivity index is 2.43. The number of aryl methyl sites for hydroxylation is 1. The van der Waals surface area contributed by atoms with E-state index in [1.807, 2.05) is 0 Å². The molecule has 0 saturated heterocycles. The van der Waals surface area contributed by atoms with E-state index in [-0.39, 0.29) is 0 Å². The van der Waals surface area contributed by atoms with E-state index < -0.39 is 0 Å². The second-order valence-electron chi connectivity index (χ2n) is 2.88. The number of hydrogen-bond donors (Lipinski definition) is 0. The van der Waals surface area contributed by atoms with Crippen LogP contribution in [0.1, 0.15) is 17.5 Å². The van der Waals surface area contributed by atoms with E-state index in [4.69, 9.17) is 4.74 Å². The lowest BCUT2D eigenvalue weighted by Gasteiger charge is -2.16. The van der Waals surface area contributed by atoms with Gasteiger partial charge in [-0.3, -0.25) is 0 Å². The zero-order valence-corrected chi connectivity index (χ0v) is 6.63. The summed E-state index contributed by atoms with van der Waals surface area (Å²) in [5.74, 6) is 1.04. The molecule has 1 heteroatoms. The SMILES string of the molecule is Cc1ccc2c(c1)OCC[CH]2. The normalized spacial score (nSPS) is 15.4.